The summed E-state index contributed by atoms with van der Waals surface area (Å²) in [4.78, 5) is 14.2. The molecule has 7 heteroatoms. The highest BCUT2D eigenvalue weighted by atomic mass is 19.4. The molecule has 2 rings (SSSR count). The summed E-state index contributed by atoms with van der Waals surface area (Å²) in [6.07, 6.45) is -3.70. The van der Waals surface area contributed by atoms with E-state index in [0.717, 1.165) is 6.07 Å². The average molecular weight is 347 g/mol. The van der Waals surface area contributed by atoms with Gasteiger partial charge in [0.1, 0.15) is 11.6 Å². The summed E-state index contributed by atoms with van der Waals surface area (Å²) in [6, 6.07) is 2.70. The number of hydrogen-bond donors (Lipinski definition) is 1. The number of ketones is 1. The van der Waals surface area contributed by atoms with E-state index in [-0.39, 0.29) is 23.9 Å². The molecule has 3 nitrogen and oxygen atoms in total. The number of aliphatic hydroxyl groups is 1. The number of rotatable bonds is 5. The van der Waals surface area contributed by atoms with Crippen molar-refractivity contribution in [3.05, 3.63) is 35.1 Å². The van der Waals surface area contributed by atoms with Crippen molar-refractivity contribution in [2.45, 2.75) is 44.4 Å². The van der Waals surface area contributed by atoms with E-state index in [4.69, 9.17) is 0 Å². The van der Waals surface area contributed by atoms with Crippen LogP contribution in [-0.2, 0) is 11.0 Å². The number of likely N-dealkylation sites (tertiary alicyclic amines) is 1. The third kappa shape index (κ3) is 4.54. The predicted molar refractivity (Wildman–Crippen MR) is 81.1 cm³/mol. The molecular weight excluding hydrogens is 326 g/mol. The quantitative estimate of drug-likeness (QED) is 0.831. The fraction of sp³-hybridized carbons (Fsp3) is 0.588. The second-order valence-corrected chi connectivity index (χ2v) is 6.14. The molecule has 0 unspecified atom stereocenters. The molecule has 0 saturated carbocycles. The Kier molecular flexibility index (Phi) is 5.98. The van der Waals surface area contributed by atoms with E-state index in [1.54, 1.807) is 6.92 Å². The largest absolute Gasteiger partial charge is 0.419 e. The van der Waals surface area contributed by atoms with Gasteiger partial charge in [-0.15, -0.1) is 0 Å². The highest BCUT2D eigenvalue weighted by Gasteiger charge is 2.35. The van der Waals surface area contributed by atoms with Gasteiger partial charge in [0.15, 0.2) is 0 Å². The van der Waals surface area contributed by atoms with Gasteiger partial charge in [0.25, 0.3) is 0 Å². The van der Waals surface area contributed by atoms with Crippen LogP contribution >= 0.6 is 0 Å². The number of piperidine rings is 1. The lowest BCUT2D eigenvalue weighted by molar-refractivity contribution is -0.140. The van der Waals surface area contributed by atoms with Gasteiger partial charge in [-0.1, -0.05) is 13.0 Å². The zero-order chi connectivity index (χ0) is 17.9. The summed E-state index contributed by atoms with van der Waals surface area (Å²) in [5.41, 5.74) is -1.06. The SMILES string of the molecule is CCC(=O)[C@@H](CN1CCC(O)CC1)c1ccc(C(F)(F)F)c(F)c1. The zero-order valence-corrected chi connectivity index (χ0v) is 13.4. The summed E-state index contributed by atoms with van der Waals surface area (Å²) in [5.74, 6) is -2.16. The summed E-state index contributed by atoms with van der Waals surface area (Å²) >= 11 is 0. The van der Waals surface area contributed by atoms with Gasteiger partial charge < -0.3 is 10.0 Å². The van der Waals surface area contributed by atoms with E-state index in [1.165, 1.54) is 6.07 Å². The maximum atomic E-state index is 13.8. The summed E-state index contributed by atoms with van der Waals surface area (Å²) in [7, 11) is 0. The molecule has 134 valence electrons. The highest BCUT2D eigenvalue weighted by Crippen LogP contribution is 2.33. The Morgan fingerprint density at radius 2 is 1.96 bits per heavy atom. The minimum absolute atomic E-state index is 0.139. The number of Topliss-reactive ketones (excluding diaryl/α,β-unsaturated/α-hetero) is 1. The molecule has 1 heterocycles. The number of carbonyl (C=O) groups excluding carboxylic acids is 1. The molecule has 1 fully saturated rings. The lowest BCUT2D eigenvalue weighted by Crippen LogP contribution is -2.39. The molecule has 24 heavy (non-hydrogen) atoms. The summed E-state index contributed by atoms with van der Waals surface area (Å²) in [5, 5.41) is 9.53. The molecule has 0 bridgehead atoms. The molecule has 0 amide bonds. The van der Waals surface area contributed by atoms with Crippen molar-refractivity contribution in [3.63, 3.8) is 0 Å². The molecule has 0 radical (unpaired) electrons. The van der Waals surface area contributed by atoms with E-state index < -0.39 is 23.5 Å². The van der Waals surface area contributed by atoms with Gasteiger partial charge in [0, 0.05) is 26.1 Å². The lowest BCUT2D eigenvalue weighted by Gasteiger charge is -2.32. The Balaban J connectivity index is 2.22. The second-order valence-electron chi connectivity index (χ2n) is 6.14. The van der Waals surface area contributed by atoms with Gasteiger partial charge in [0.05, 0.1) is 17.6 Å². The van der Waals surface area contributed by atoms with Crippen LogP contribution < -0.4 is 0 Å². The molecule has 1 atom stereocenters. The molecule has 1 aliphatic rings. The number of halogens is 4. The van der Waals surface area contributed by atoms with E-state index in [0.29, 0.717) is 38.5 Å². The maximum Gasteiger partial charge on any atom is 0.419 e. The van der Waals surface area contributed by atoms with Crippen molar-refractivity contribution in [2.24, 2.45) is 0 Å². The Morgan fingerprint density at radius 3 is 2.46 bits per heavy atom. The van der Waals surface area contributed by atoms with E-state index in [1.807, 2.05) is 4.90 Å². The highest BCUT2D eigenvalue weighted by molar-refractivity contribution is 5.85. The van der Waals surface area contributed by atoms with Crippen molar-refractivity contribution >= 4 is 5.78 Å². The van der Waals surface area contributed by atoms with Gasteiger partial charge >= 0.3 is 6.18 Å². The Bertz CT molecular complexity index is 580. The predicted octanol–water partition coefficient (Wildman–Crippen LogP) is 3.36. The van der Waals surface area contributed by atoms with E-state index in [9.17, 15) is 27.5 Å². The van der Waals surface area contributed by atoms with E-state index >= 15 is 0 Å². The summed E-state index contributed by atoms with van der Waals surface area (Å²) < 4.78 is 51.9. The van der Waals surface area contributed by atoms with Crippen LogP contribution in [0.15, 0.2) is 18.2 Å². The van der Waals surface area contributed by atoms with Gasteiger partial charge in [-0.25, -0.2) is 4.39 Å². The van der Waals surface area contributed by atoms with Crippen LogP contribution in [0.3, 0.4) is 0 Å². The Hall–Kier alpha value is -1.47. The number of benzene rings is 1. The number of alkyl halides is 3. The molecule has 0 aliphatic carbocycles. The van der Waals surface area contributed by atoms with Crippen LogP contribution in [0.5, 0.6) is 0 Å². The Labute approximate surface area is 138 Å². The van der Waals surface area contributed by atoms with Crippen molar-refractivity contribution in [1.29, 1.82) is 0 Å². The molecular formula is C17H21F4NO2. The van der Waals surface area contributed by atoms with Crippen molar-refractivity contribution in [1.82, 2.24) is 4.90 Å². The van der Waals surface area contributed by atoms with Crippen LogP contribution in [0.2, 0.25) is 0 Å². The first-order valence-corrected chi connectivity index (χ1v) is 8.02. The van der Waals surface area contributed by atoms with Crippen molar-refractivity contribution in [2.75, 3.05) is 19.6 Å². The fourth-order valence-corrected chi connectivity index (χ4v) is 2.98. The van der Waals surface area contributed by atoms with Crippen LogP contribution in [0, 0.1) is 5.82 Å². The third-order valence-electron chi connectivity index (χ3n) is 4.44. The average Bonchev–Trinajstić information content (AvgIpc) is 2.52. The fourth-order valence-electron chi connectivity index (χ4n) is 2.98. The smallest absolute Gasteiger partial charge is 0.393 e. The normalized spacial score (nSPS) is 18.6. The van der Waals surface area contributed by atoms with Crippen LogP contribution in [-0.4, -0.2) is 41.5 Å². The molecule has 1 aromatic rings. The van der Waals surface area contributed by atoms with Crippen molar-refractivity contribution < 1.29 is 27.5 Å². The molecule has 0 spiro atoms. The van der Waals surface area contributed by atoms with Gasteiger partial charge in [-0.05, 0) is 30.5 Å². The van der Waals surface area contributed by atoms with E-state index in [2.05, 4.69) is 0 Å². The second kappa shape index (κ2) is 7.61. The third-order valence-corrected chi connectivity index (χ3v) is 4.44. The van der Waals surface area contributed by atoms with Gasteiger partial charge in [-0.3, -0.25) is 4.79 Å². The number of nitrogens with zero attached hydrogens (tertiary/aromatic N) is 1. The summed E-state index contributed by atoms with van der Waals surface area (Å²) in [6.45, 7) is 3.22. The first-order valence-electron chi connectivity index (χ1n) is 8.02. The van der Waals surface area contributed by atoms with Crippen LogP contribution in [0.25, 0.3) is 0 Å². The van der Waals surface area contributed by atoms with Gasteiger partial charge in [0.2, 0.25) is 0 Å². The van der Waals surface area contributed by atoms with Crippen LogP contribution in [0.1, 0.15) is 43.2 Å². The number of hydrogen-bond acceptors (Lipinski definition) is 3. The lowest BCUT2D eigenvalue weighted by atomic mass is 9.91. The molecule has 1 saturated heterocycles. The van der Waals surface area contributed by atoms with Gasteiger partial charge in [-0.2, -0.15) is 13.2 Å². The number of aliphatic hydroxyl groups excluding tert-OH is 1. The molecule has 1 aliphatic heterocycles. The maximum absolute atomic E-state index is 13.8. The minimum Gasteiger partial charge on any atom is -0.393 e. The molecule has 1 N–H and O–H groups in total. The zero-order valence-electron chi connectivity index (χ0n) is 13.4. The van der Waals surface area contributed by atoms with Crippen LogP contribution in [0.4, 0.5) is 17.6 Å². The Morgan fingerprint density at radius 1 is 1.33 bits per heavy atom. The standard InChI is InChI=1S/C17H21F4NO2/c1-2-16(24)13(10-22-7-5-12(23)6-8-22)11-3-4-14(15(18)9-11)17(19,20)21/h3-4,9,12-13,23H,2,5-8,10H2,1H3/t13-/m0/s1. The van der Waals surface area contributed by atoms with Crippen molar-refractivity contribution in [3.8, 4) is 0 Å². The topological polar surface area (TPSA) is 40.5 Å². The number of carbonyl (C=O) groups is 1. The molecule has 1 aromatic carbocycles. The minimum atomic E-state index is -4.75. The monoisotopic (exact) mass is 347 g/mol. The first kappa shape index (κ1) is 18.9. The molecule has 0 aromatic heterocycles. The first-order chi connectivity index (χ1) is 11.2.